The van der Waals surface area contributed by atoms with Gasteiger partial charge in [-0.3, -0.25) is 32.5 Å². The average molecular weight is 1480 g/mol. The maximum absolute atomic E-state index is 13.0. The van der Waals surface area contributed by atoms with Gasteiger partial charge >= 0.3 is 33.6 Å². The molecule has 0 rings (SSSR count). The van der Waals surface area contributed by atoms with E-state index < -0.39 is 91.5 Å². The minimum atomic E-state index is -4.96. The summed E-state index contributed by atoms with van der Waals surface area (Å²) in [7, 11) is -9.83. The van der Waals surface area contributed by atoms with Crippen LogP contribution >= 0.6 is 15.6 Å². The maximum Gasteiger partial charge on any atom is 0.472 e. The van der Waals surface area contributed by atoms with E-state index in [1.54, 1.807) is 0 Å². The van der Waals surface area contributed by atoms with E-state index in [1.165, 1.54) is 25.7 Å². The third-order valence-electron chi connectivity index (χ3n) is 15.3. The molecule has 582 valence electrons. The van der Waals surface area contributed by atoms with Crippen LogP contribution in [-0.2, 0) is 55.8 Å². The number of hydrogen-bond donors (Lipinski definition) is 4. The fourth-order valence-corrected chi connectivity index (χ4v) is 11.1. The second-order valence-electron chi connectivity index (χ2n) is 25.0. The molecule has 0 aliphatic rings. The number of aliphatic hydroxyl groups excluding tert-OH is 2. The molecule has 0 heterocycles. The summed E-state index contributed by atoms with van der Waals surface area (Å²) < 4.78 is 61.1. The topological polar surface area (TPSA) is 231 Å². The molecule has 0 aliphatic heterocycles. The molecular weight excluding hydrogens is 1340 g/mol. The Bertz CT molecular complexity index is 2650. The van der Waals surface area contributed by atoms with Crippen LogP contribution in [0.5, 0.6) is 0 Å². The zero-order valence-corrected chi connectivity index (χ0v) is 65.2. The number of phosphoric acid groups is 2. The molecule has 0 saturated heterocycles. The second kappa shape index (κ2) is 76.1. The lowest BCUT2D eigenvalue weighted by molar-refractivity contribution is -0.161. The van der Waals surface area contributed by atoms with Gasteiger partial charge in [-0.15, -0.1) is 0 Å². The molecule has 4 N–H and O–H groups in total. The Hall–Kier alpha value is -5.61. The normalized spacial score (nSPS) is 15.1. The van der Waals surface area contributed by atoms with Crippen LogP contribution in [0.1, 0.15) is 265 Å². The number of rotatable bonds is 71. The van der Waals surface area contributed by atoms with Crippen molar-refractivity contribution >= 4 is 33.6 Å². The van der Waals surface area contributed by atoms with Gasteiger partial charge < -0.3 is 34.2 Å². The first kappa shape index (κ1) is 97.4. The molecule has 0 aromatic carbocycles. The Kier molecular flexibility index (Phi) is 71.9. The van der Waals surface area contributed by atoms with E-state index in [4.69, 9.17) is 32.3 Å². The van der Waals surface area contributed by atoms with Crippen LogP contribution in [0.25, 0.3) is 0 Å². The monoisotopic (exact) mass is 1470 g/mol. The highest BCUT2D eigenvalue weighted by atomic mass is 31.2. The molecule has 0 fully saturated rings. The lowest BCUT2D eigenvalue weighted by Crippen LogP contribution is -2.30. The van der Waals surface area contributed by atoms with E-state index in [0.717, 1.165) is 180 Å². The number of carbonyl (C=O) groups is 3. The van der Waals surface area contributed by atoms with Crippen LogP contribution < -0.4 is 0 Å². The van der Waals surface area contributed by atoms with E-state index in [2.05, 4.69) is 215 Å². The second-order valence-corrected chi connectivity index (χ2v) is 27.9. The number of ether oxygens (including phenoxy) is 3. The average Bonchev–Trinajstić information content (AvgIpc) is 0.939. The molecule has 5 unspecified atom stereocenters. The number of aliphatic hydroxyl groups is 2. The van der Waals surface area contributed by atoms with E-state index in [0.29, 0.717) is 19.3 Å². The first-order valence-electron chi connectivity index (χ1n) is 38.7. The van der Waals surface area contributed by atoms with E-state index in [9.17, 15) is 43.5 Å². The molecular formula is C85H136O16P2. The Morgan fingerprint density at radius 2 is 0.485 bits per heavy atom. The number of hydrogen-bond acceptors (Lipinski definition) is 14. The van der Waals surface area contributed by atoms with Crippen LogP contribution in [0.3, 0.4) is 0 Å². The van der Waals surface area contributed by atoms with E-state index >= 15 is 0 Å². The molecule has 0 amide bonds. The number of allylic oxidation sites excluding steroid dienone is 32. The maximum atomic E-state index is 13.0. The van der Waals surface area contributed by atoms with Crippen LogP contribution in [0.4, 0.5) is 0 Å². The van der Waals surface area contributed by atoms with Crippen LogP contribution in [0, 0.1) is 0 Å². The number of carbonyl (C=O) groups excluding carboxylic acids is 3. The van der Waals surface area contributed by atoms with Crippen molar-refractivity contribution in [3.63, 3.8) is 0 Å². The van der Waals surface area contributed by atoms with Gasteiger partial charge in [0, 0.05) is 19.3 Å². The molecule has 0 aromatic rings. The van der Waals surface area contributed by atoms with Crippen molar-refractivity contribution < 1.29 is 75.8 Å². The van der Waals surface area contributed by atoms with Crippen LogP contribution in [0.15, 0.2) is 194 Å². The van der Waals surface area contributed by atoms with E-state index in [1.807, 2.05) is 0 Å². The first-order chi connectivity index (χ1) is 50.2. The van der Waals surface area contributed by atoms with Crippen molar-refractivity contribution in [1.29, 1.82) is 0 Å². The van der Waals surface area contributed by atoms with Crippen LogP contribution in [0.2, 0.25) is 0 Å². The smallest absolute Gasteiger partial charge is 0.463 e. The molecule has 0 bridgehead atoms. The largest absolute Gasteiger partial charge is 0.472 e. The standard InChI is InChI=1S/C85H136O16P2/c1-4-7-10-13-16-19-22-25-28-31-34-36-38-39-41-43-45-47-50-53-56-59-62-65-68-71-83(88)95-74-80(86)75-97-102(91,92)98-76-81(87)77-99-103(93,94)100-79-82(101-85(90)73-70-67-64-61-58-55-52-49-44-33-30-27-24-21-18-15-12-9-6-3)78-96-84(89)72-69-66-63-60-57-54-51-48-46-42-40-37-35-32-29-26-23-20-17-14-11-8-5-2/h7-12,16-21,25-30,34-37,39,41-42,44,46,49,51,54-55,58,80-82,86-87H,4-6,13-15,22-24,31-33,38,40,43,45,47-48,50,52-53,56-57,59-79H2,1-3H3,(H,91,92)(H,93,94)/b10-7-,11-8-,12-9-,19-16-,20-17-,21-18-,28-25-,29-26-,30-27-,36-34-,37-35-,41-39-,46-42-,49-44-,54-51-,58-55-. The van der Waals surface area contributed by atoms with E-state index in [-0.39, 0.29) is 19.3 Å². The number of phosphoric ester groups is 2. The summed E-state index contributed by atoms with van der Waals surface area (Å²) in [4.78, 5) is 58.7. The highest BCUT2D eigenvalue weighted by Crippen LogP contribution is 2.45. The summed E-state index contributed by atoms with van der Waals surface area (Å²) in [5, 5.41) is 20.6. The molecule has 103 heavy (non-hydrogen) atoms. The van der Waals surface area contributed by atoms with Gasteiger partial charge in [0.1, 0.15) is 25.4 Å². The first-order valence-corrected chi connectivity index (χ1v) is 41.7. The number of unbranched alkanes of at least 4 members (excludes halogenated alkanes) is 16. The molecule has 0 aromatic heterocycles. The molecule has 0 radical (unpaired) electrons. The lowest BCUT2D eigenvalue weighted by Gasteiger charge is -2.21. The molecule has 18 heteroatoms. The Labute approximate surface area is 623 Å². The van der Waals surface area contributed by atoms with Gasteiger partial charge in [0.15, 0.2) is 6.10 Å². The highest BCUT2D eigenvalue weighted by molar-refractivity contribution is 7.47. The Morgan fingerprint density at radius 1 is 0.272 bits per heavy atom. The zero-order valence-electron chi connectivity index (χ0n) is 63.4. The van der Waals surface area contributed by atoms with Crippen molar-refractivity contribution in [2.24, 2.45) is 0 Å². The highest BCUT2D eigenvalue weighted by Gasteiger charge is 2.29. The third kappa shape index (κ3) is 77.3. The number of esters is 3. The van der Waals surface area contributed by atoms with Gasteiger partial charge in [0.05, 0.1) is 26.4 Å². The SMILES string of the molecule is CC/C=C\C/C=C\C/C=C\C/C=C\C/C=C\C/C=C\CCCCCCC(=O)OCC(COP(=O)(O)OCC(O)COP(=O)(O)OCC(O)COC(=O)CCCCCCCCCCC/C=C\C/C=C\C/C=C\C/C=C\C/C=C\CC)OC(=O)CCCCC/C=C\C/C=C\C/C=C\C/C=C\C/C=C\CC. The fourth-order valence-electron chi connectivity index (χ4n) is 9.51. The molecule has 0 saturated carbocycles. The summed E-state index contributed by atoms with van der Waals surface area (Å²) in [5.74, 6) is -1.66. The summed E-state index contributed by atoms with van der Waals surface area (Å²) in [6, 6.07) is 0. The predicted molar refractivity (Wildman–Crippen MR) is 426 cm³/mol. The minimum Gasteiger partial charge on any atom is -0.463 e. The van der Waals surface area contributed by atoms with Crippen molar-refractivity contribution in [3.8, 4) is 0 Å². The van der Waals surface area contributed by atoms with Crippen molar-refractivity contribution in [2.75, 3.05) is 39.6 Å². The molecule has 5 atom stereocenters. The summed E-state index contributed by atoms with van der Waals surface area (Å²) >= 11 is 0. The zero-order chi connectivity index (χ0) is 75.2. The summed E-state index contributed by atoms with van der Waals surface area (Å²) in [5.41, 5.74) is 0. The van der Waals surface area contributed by atoms with Crippen molar-refractivity contribution in [2.45, 2.75) is 283 Å². The fraction of sp³-hybridized carbons (Fsp3) is 0.588. The summed E-state index contributed by atoms with van der Waals surface area (Å²) in [6.45, 7) is 2.23. The quantitative estimate of drug-likeness (QED) is 0.0146. The Balaban J connectivity index is 4.75. The van der Waals surface area contributed by atoms with Gasteiger partial charge in [0.25, 0.3) is 0 Å². The van der Waals surface area contributed by atoms with Crippen molar-refractivity contribution in [1.82, 2.24) is 0 Å². The lowest BCUT2D eigenvalue weighted by atomic mass is 10.1. The third-order valence-corrected chi connectivity index (χ3v) is 17.2. The van der Waals surface area contributed by atoms with Crippen LogP contribution in [-0.4, -0.2) is 95.9 Å². The van der Waals surface area contributed by atoms with Gasteiger partial charge in [-0.2, -0.15) is 0 Å². The predicted octanol–water partition coefficient (Wildman–Crippen LogP) is 22.8. The molecule has 0 aliphatic carbocycles. The molecule has 16 nitrogen and oxygen atoms in total. The van der Waals surface area contributed by atoms with Gasteiger partial charge in [-0.05, 0) is 161 Å². The van der Waals surface area contributed by atoms with Crippen molar-refractivity contribution in [3.05, 3.63) is 194 Å². The van der Waals surface area contributed by atoms with Gasteiger partial charge in [-0.25, -0.2) is 9.13 Å². The summed E-state index contributed by atoms with van der Waals surface area (Å²) in [6.07, 6.45) is 99.0. The molecule has 0 spiro atoms. The Morgan fingerprint density at radius 3 is 0.777 bits per heavy atom. The van der Waals surface area contributed by atoms with Gasteiger partial charge in [-0.1, -0.05) is 279 Å². The van der Waals surface area contributed by atoms with Gasteiger partial charge in [0.2, 0.25) is 0 Å². The minimum absolute atomic E-state index is 0.0506.